The monoisotopic (exact) mass is 402 g/mol. The van der Waals surface area contributed by atoms with Crippen molar-refractivity contribution >= 4 is 17.5 Å². The van der Waals surface area contributed by atoms with Gasteiger partial charge in [0.05, 0.1) is 36.0 Å². The molecule has 0 aliphatic rings. The highest BCUT2D eigenvalue weighted by molar-refractivity contribution is 6.04. The summed E-state index contributed by atoms with van der Waals surface area (Å²) in [7, 11) is 0. The number of furan rings is 1. The van der Waals surface area contributed by atoms with Crippen molar-refractivity contribution in [3.63, 3.8) is 0 Å². The molecule has 2 amide bonds. The van der Waals surface area contributed by atoms with Gasteiger partial charge in [-0.1, -0.05) is 24.3 Å². The van der Waals surface area contributed by atoms with Crippen LogP contribution >= 0.6 is 0 Å². The minimum absolute atomic E-state index is 0.125. The van der Waals surface area contributed by atoms with Crippen molar-refractivity contribution < 1.29 is 27.2 Å². The zero-order valence-corrected chi connectivity index (χ0v) is 15.1. The van der Waals surface area contributed by atoms with Crippen molar-refractivity contribution in [1.82, 2.24) is 5.32 Å². The highest BCUT2D eigenvalue weighted by Gasteiger charge is 2.30. The minimum Gasteiger partial charge on any atom is -0.467 e. The Morgan fingerprint density at radius 3 is 2.31 bits per heavy atom. The van der Waals surface area contributed by atoms with Gasteiger partial charge in [0.2, 0.25) is 5.91 Å². The second-order valence-corrected chi connectivity index (χ2v) is 6.23. The van der Waals surface area contributed by atoms with Crippen LogP contribution in [0.4, 0.5) is 18.9 Å². The summed E-state index contributed by atoms with van der Waals surface area (Å²) in [6.45, 7) is 0.194. The van der Waals surface area contributed by atoms with Crippen LogP contribution in [0.3, 0.4) is 0 Å². The molecule has 1 heterocycles. The number of carbonyl (C=O) groups is 2. The van der Waals surface area contributed by atoms with Crippen molar-refractivity contribution in [2.75, 3.05) is 5.32 Å². The van der Waals surface area contributed by atoms with Crippen LogP contribution in [0.5, 0.6) is 0 Å². The third kappa shape index (κ3) is 5.47. The molecule has 0 unspecified atom stereocenters. The molecule has 29 heavy (non-hydrogen) atoms. The highest BCUT2D eigenvalue weighted by atomic mass is 19.4. The first kappa shape index (κ1) is 20.2. The fourth-order valence-electron chi connectivity index (χ4n) is 2.66. The predicted octanol–water partition coefficient (Wildman–Crippen LogP) is 4.41. The maximum absolute atomic E-state index is 12.6. The Morgan fingerprint density at radius 1 is 0.931 bits per heavy atom. The summed E-state index contributed by atoms with van der Waals surface area (Å²) >= 11 is 0. The van der Waals surface area contributed by atoms with Crippen molar-refractivity contribution in [2.24, 2.45) is 0 Å². The maximum atomic E-state index is 12.6. The summed E-state index contributed by atoms with van der Waals surface area (Å²) in [5.41, 5.74) is 0.219. The van der Waals surface area contributed by atoms with Gasteiger partial charge in [0.25, 0.3) is 5.91 Å². The van der Waals surface area contributed by atoms with Crippen molar-refractivity contribution in [3.8, 4) is 0 Å². The molecule has 3 aromatic rings. The first-order valence-corrected chi connectivity index (χ1v) is 8.68. The molecule has 0 aliphatic heterocycles. The van der Waals surface area contributed by atoms with Gasteiger partial charge in [0.15, 0.2) is 0 Å². The van der Waals surface area contributed by atoms with Gasteiger partial charge >= 0.3 is 6.18 Å². The number of alkyl halides is 3. The summed E-state index contributed by atoms with van der Waals surface area (Å²) in [6.07, 6.45) is -3.06. The number of hydrogen-bond donors (Lipinski definition) is 2. The van der Waals surface area contributed by atoms with E-state index in [1.165, 1.54) is 18.4 Å². The highest BCUT2D eigenvalue weighted by Crippen LogP contribution is 2.29. The van der Waals surface area contributed by atoms with E-state index in [2.05, 4.69) is 10.6 Å². The molecular formula is C21H17F3N2O3. The molecule has 8 heteroatoms. The van der Waals surface area contributed by atoms with E-state index in [0.29, 0.717) is 17.0 Å². The van der Waals surface area contributed by atoms with Gasteiger partial charge in [-0.2, -0.15) is 13.2 Å². The third-order valence-corrected chi connectivity index (χ3v) is 4.10. The number of amides is 2. The Balaban J connectivity index is 1.63. The van der Waals surface area contributed by atoms with Crippen LogP contribution < -0.4 is 10.6 Å². The second kappa shape index (κ2) is 8.64. The lowest BCUT2D eigenvalue weighted by atomic mass is 10.1. The number of halogens is 3. The van der Waals surface area contributed by atoms with Crippen LogP contribution in [-0.4, -0.2) is 11.8 Å². The van der Waals surface area contributed by atoms with Gasteiger partial charge in [-0.25, -0.2) is 0 Å². The smallest absolute Gasteiger partial charge is 0.416 e. The Kier molecular flexibility index (Phi) is 6.01. The Bertz CT molecular complexity index is 981. The molecule has 1 aromatic heterocycles. The fraction of sp³-hybridized carbons (Fsp3) is 0.143. The van der Waals surface area contributed by atoms with Crippen LogP contribution in [0, 0.1) is 0 Å². The number of benzene rings is 2. The summed E-state index contributed by atoms with van der Waals surface area (Å²) in [5.74, 6) is -0.259. The van der Waals surface area contributed by atoms with E-state index in [1.807, 2.05) is 0 Å². The van der Waals surface area contributed by atoms with Crippen LogP contribution in [-0.2, 0) is 23.9 Å². The summed E-state index contributed by atoms with van der Waals surface area (Å²) in [6, 6.07) is 14.3. The summed E-state index contributed by atoms with van der Waals surface area (Å²) in [4.78, 5) is 24.7. The van der Waals surface area contributed by atoms with Crippen LogP contribution in [0.15, 0.2) is 71.3 Å². The van der Waals surface area contributed by atoms with Crippen molar-refractivity contribution in [3.05, 3.63) is 89.4 Å². The normalized spacial score (nSPS) is 11.1. The number of para-hydroxylation sites is 1. The Labute approximate surface area is 164 Å². The zero-order chi connectivity index (χ0) is 20.9. The van der Waals surface area contributed by atoms with E-state index in [9.17, 15) is 22.8 Å². The van der Waals surface area contributed by atoms with Crippen LogP contribution in [0.1, 0.15) is 27.2 Å². The fourth-order valence-corrected chi connectivity index (χ4v) is 2.66. The molecule has 0 bridgehead atoms. The zero-order valence-electron chi connectivity index (χ0n) is 15.1. The molecule has 0 aliphatic carbocycles. The quantitative estimate of drug-likeness (QED) is 0.642. The molecule has 3 rings (SSSR count). The van der Waals surface area contributed by atoms with Gasteiger partial charge in [0.1, 0.15) is 5.76 Å². The lowest BCUT2D eigenvalue weighted by Crippen LogP contribution is -2.25. The van der Waals surface area contributed by atoms with E-state index >= 15 is 0 Å². The molecule has 0 atom stereocenters. The minimum atomic E-state index is -4.43. The molecule has 0 fully saturated rings. The molecule has 0 spiro atoms. The second-order valence-electron chi connectivity index (χ2n) is 6.23. The van der Waals surface area contributed by atoms with Crippen molar-refractivity contribution in [2.45, 2.75) is 19.1 Å². The average Bonchev–Trinajstić information content (AvgIpc) is 3.20. The lowest BCUT2D eigenvalue weighted by molar-refractivity contribution is -0.137. The number of rotatable bonds is 6. The predicted molar refractivity (Wildman–Crippen MR) is 100 cm³/mol. The third-order valence-electron chi connectivity index (χ3n) is 4.10. The lowest BCUT2D eigenvalue weighted by Gasteiger charge is -2.11. The summed E-state index contributed by atoms with van der Waals surface area (Å²) < 4.78 is 43.0. The number of anilines is 1. The van der Waals surface area contributed by atoms with E-state index in [1.54, 1.807) is 36.4 Å². The van der Waals surface area contributed by atoms with Gasteiger partial charge in [0, 0.05) is 0 Å². The average molecular weight is 402 g/mol. The van der Waals surface area contributed by atoms with Crippen molar-refractivity contribution in [1.29, 1.82) is 0 Å². The number of nitrogens with one attached hydrogen (secondary N) is 2. The maximum Gasteiger partial charge on any atom is 0.416 e. The number of hydrogen-bond acceptors (Lipinski definition) is 3. The Hall–Kier alpha value is -3.55. The topological polar surface area (TPSA) is 71.3 Å². The van der Waals surface area contributed by atoms with E-state index in [4.69, 9.17) is 4.42 Å². The molecule has 5 nitrogen and oxygen atoms in total. The molecule has 2 N–H and O–H groups in total. The molecule has 2 aromatic carbocycles. The van der Waals surface area contributed by atoms with Gasteiger partial charge in [-0.05, 0) is 42.0 Å². The first-order chi connectivity index (χ1) is 13.8. The van der Waals surface area contributed by atoms with Gasteiger partial charge < -0.3 is 15.1 Å². The van der Waals surface area contributed by atoms with Gasteiger partial charge in [-0.3, -0.25) is 9.59 Å². The molecule has 0 saturated carbocycles. The molecule has 150 valence electrons. The van der Waals surface area contributed by atoms with E-state index < -0.39 is 23.6 Å². The first-order valence-electron chi connectivity index (χ1n) is 8.68. The van der Waals surface area contributed by atoms with E-state index in [0.717, 1.165) is 12.1 Å². The van der Waals surface area contributed by atoms with Crippen LogP contribution in [0.25, 0.3) is 0 Å². The standard InChI is InChI=1S/C21H17F3N2O3/c22-21(23,24)15-9-7-14(8-10-15)12-19(27)26-18-6-2-1-5-17(18)20(28)25-13-16-4-3-11-29-16/h1-11H,12-13H2,(H,25,28)(H,26,27). The Morgan fingerprint density at radius 2 is 1.66 bits per heavy atom. The van der Waals surface area contributed by atoms with Crippen LogP contribution in [0.2, 0.25) is 0 Å². The van der Waals surface area contributed by atoms with Gasteiger partial charge in [-0.15, -0.1) is 0 Å². The molecule has 0 radical (unpaired) electrons. The molecular weight excluding hydrogens is 385 g/mol. The number of carbonyl (C=O) groups excluding carboxylic acids is 2. The van der Waals surface area contributed by atoms with E-state index in [-0.39, 0.29) is 18.5 Å². The SMILES string of the molecule is O=C(Cc1ccc(C(F)(F)F)cc1)Nc1ccccc1C(=O)NCc1ccco1. The largest absolute Gasteiger partial charge is 0.467 e. The summed E-state index contributed by atoms with van der Waals surface area (Å²) in [5, 5.41) is 5.33. The molecule has 0 saturated heterocycles.